The molecule has 0 radical (unpaired) electrons. The fourth-order valence-corrected chi connectivity index (χ4v) is 1.09. The Bertz CT molecular complexity index is 390. The number of imidazole rings is 1. The summed E-state index contributed by atoms with van der Waals surface area (Å²) in [6.45, 7) is 1.90. The van der Waals surface area contributed by atoms with E-state index in [0.29, 0.717) is 5.69 Å². The van der Waals surface area contributed by atoms with Crippen molar-refractivity contribution < 1.29 is 0 Å². The molecule has 0 saturated carbocycles. The van der Waals surface area contributed by atoms with Gasteiger partial charge in [-0.3, -0.25) is 0 Å². The topological polar surface area (TPSA) is 67.6 Å². The molecule has 0 saturated heterocycles. The van der Waals surface area contributed by atoms with E-state index < -0.39 is 0 Å². The van der Waals surface area contributed by atoms with E-state index in [9.17, 15) is 0 Å². The summed E-state index contributed by atoms with van der Waals surface area (Å²) in [5.41, 5.74) is 8.75. The van der Waals surface area contributed by atoms with Crippen LogP contribution in [0, 0.1) is 6.92 Å². The largest absolute Gasteiger partial charge is 0.397 e. The van der Waals surface area contributed by atoms with E-state index in [1.54, 1.807) is 6.33 Å². The van der Waals surface area contributed by atoms with Crippen LogP contribution in [-0.4, -0.2) is 15.0 Å². The Morgan fingerprint density at radius 2 is 2.36 bits per heavy atom. The van der Waals surface area contributed by atoms with Gasteiger partial charge in [0.05, 0.1) is 12.0 Å². The Labute approximate surface area is 63.5 Å². The second-order valence-electron chi connectivity index (χ2n) is 2.45. The highest BCUT2D eigenvalue weighted by Gasteiger charge is 2.01. The third kappa shape index (κ3) is 0.832. The molecule has 2 heterocycles. The van der Waals surface area contributed by atoms with Gasteiger partial charge in [-0.05, 0) is 13.0 Å². The fourth-order valence-electron chi connectivity index (χ4n) is 1.09. The molecule has 0 unspecified atom stereocenters. The number of H-pyrrole nitrogens is 1. The van der Waals surface area contributed by atoms with Crippen molar-refractivity contribution in [3.05, 3.63) is 18.1 Å². The Morgan fingerprint density at radius 1 is 1.55 bits per heavy atom. The van der Waals surface area contributed by atoms with Crippen LogP contribution in [0.4, 0.5) is 5.69 Å². The van der Waals surface area contributed by atoms with Crippen molar-refractivity contribution in [2.45, 2.75) is 6.92 Å². The highest BCUT2D eigenvalue weighted by Crippen LogP contribution is 2.15. The number of nitrogens with zero attached hydrogens (tertiary/aromatic N) is 2. The second kappa shape index (κ2) is 1.95. The molecule has 0 aliphatic carbocycles. The molecule has 0 fully saturated rings. The zero-order chi connectivity index (χ0) is 7.84. The lowest BCUT2D eigenvalue weighted by Crippen LogP contribution is -1.90. The Balaban J connectivity index is 2.91. The second-order valence-corrected chi connectivity index (χ2v) is 2.45. The van der Waals surface area contributed by atoms with Gasteiger partial charge in [0.15, 0.2) is 5.65 Å². The van der Waals surface area contributed by atoms with Crippen LogP contribution in [0.25, 0.3) is 11.2 Å². The number of hydrogen-bond acceptors (Lipinski definition) is 3. The van der Waals surface area contributed by atoms with Gasteiger partial charge in [-0.1, -0.05) is 0 Å². The van der Waals surface area contributed by atoms with Crippen molar-refractivity contribution >= 4 is 16.9 Å². The number of nitrogens with one attached hydrogen (secondary N) is 1. The SMILES string of the molecule is Cc1cc(N)c2nc[nH]c2n1. The Kier molecular flexibility index (Phi) is 1.09. The van der Waals surface area contributed by atoms with E-state index >= 15 is 0 Å². The van der Waals surface area contributed by atoms with Gasteiger partial charge in [0.25, 0.3) is 0 Å². The molecular weight excluding hydrogens is 140 g/mol. The lowest BCUT2D eigenvalue weighted by Gasteiger charge is -1.95. The first-order valence-electron chi connectivity index (χ1n) is 3.33. The lowest BCUT2D eigenvalue weighted by molar-refractivity contribution is 1.22. The maximum Gasteiger partial charge on any atom is 0.159 e. The minimum Gasteiger partial charge on any atom is -0.397 e. The molecule has 3 N–H and O–H groups in total. The first-order valence-corrected chi connectivity index (χ1v) is 3.33. The summed E-state index contributed by atoms with van der Waals surface area (Å²) in [6, 6.07) is 1.81. The van der Waals surface area contributed by atoms with Gasteiger partial charge in [0, 0.05) is 5.69 Å². The average molecular weight is 148 g/mol. The van der Waals surface area contributed by atoms with Crippen molar-refractivity contribution in [2.24, 2.45) is 0 Å². The number of rotatable bonds is 0. The van der Waals surface area contributed by atoms with Gasteiger partial charge in [-0.2, -0.15) is 0 Å². The quantitative estimate of drug-likeness (QED) is 0.582. The minimum atomic E-state index is 0.675. The molecule has 4 nitrogen and oxygen atoms in total. The predicted octanol–water partition coefficient (Wildman–Crippen LogP) is 0.849. The summed E-state index contributed by atoms with van der Waals surface area (Å²) < 4.78 is 0. The van der Waals surface area contributed by atoms with Crippen molar-refractivity contribution in [2.75, 3.05) is 5.73 Å². The monoisotopic (exact) mass is 148 g/mol. The normalized spacial score (nSPS) is 10.6. The summed E-state index contributed by atoms with van der Waals surface area (Å²) in [6.07, 6.45) is 1.59. The first-order chi connectivity index (χ1) is 5.27. The lowest BCUT2D eigenvalue weighted by atomic mass is 10.3. The molecule has 0 spiro atoms. The molecule has 0 atom stereocenters. The summed E-state index contributed by atoms with van der Waals surface area (Å²) in [5, 5.41) is 0. The van der Waals surface area contributed by atoms with Crippen LogP contribution in [-0.2, 0) is 0 Å². The van der Waals surface area contributed by atoms with Gasteiger partial charge < -0.3 is 10.7 Å². The summed E-state index contributed by atoms with van der Waals surface area (Å²) in [4.78, 5) is 11.1. The van der Waals surface area contributed by atoms with Crippen molar-refractivity contribution in [1.82, 2.24) is 15.0 Å². The van der Waals surface area contributed by atoms with E-state index in [2.05, 4.69) is 15.0 Å². The summed E-state index contributed by atoms with van der Waals surface area (Å²) in [5.74, 6) is 0. The summed E-state index contributed by atoms with van der Waals surface area (Å²) >= 11 is 0. The van der Waals surface area contributed by atoms with Crippen LogP contribution < -0.4 is 5.73 Å². The molecule has 0 aromatic carbocycles. The molecule has 0 amide bonds. The number of aryl methyl sites for hydroxylation is 1. The highest BCUT2D eigenvalue weighted by molar-refractivity contribution is 5.83. The molecule has 0 bridgehead atoms. The van der Waals surface area contributed by atoms with Gasteiger partial charge >= 0.3 is 0 Å². The number of nitrogens with two attached hydrogens (primary N) is 1. The number of aromatic amines is 1. The van der Waals surface area contributed by atoms with Crippen LogP contribution in [0.5, 0.6) is 0 Å². The van der Waals surface area contributed by atoms with E-state index in [1.165, 1.54) is 0 Å². The van der Waals surface area contributed by atoms with Gasteiger partial charge in [0.1, 0.15) is 5.52 Å². The van der Waals surface area contributed by atoms with Crippen LogP contribution >= 0.6 is 0 Å². The molecule has 2 aromatic heterocycles. The van der Waals surface area contributed by atoms with Crippen molar-refractivity contribution in [3.8, 4) is 0 Å². The predicted molar refractivity (Wildman–Crippen MR) is 43.0 cm³/mol. The standard InChI is InChI=1S/C7H8N4/c1-4-2-5(8)6-7(11-4)10-3-9-6/h2-3H,1H3,(H3,8,9,10,11). The number of hydrogen-bond donors (Lipinski definition) is 2. The fraction of sp³-hybridized carbons (Fsp3) is 0.143. The first kappa shape index (κ1) is 6.15. The number of anilines is 1. The van der Waals surface area contributed by atoms with Gasteiger partial charge in [-0.15, -0.1) is 0 Å². The van der Waals surface area contributed by atoms with Crippen LogP contribution in [0.15, 0.2) is 12.4 Å². The average Bonchev–Trinajstić information content (AvgIpc) is 2.34. The van der Waals surface area contributed by atoms with E-state index in [1.807, 2.05) is 13.0 Å². The maximum atomic E-state index is 5.68. The van der Waals surface area contributed by atoms with Gasteiger partial charge in [0.2, 0.25) is 0 Å². The van der Waals surface area contributed by atoms with Crippen LogP contribution in [0.1, 0.15) is 5.69 Å². The minimum absolute atomic E-state index is 0.675. The third-order valence-corrected chi connectivity index (χ3v) is 1.55. The highest BCUT2D eigenvalue weighted by atomic mass is 15.0. The zero-order valence-corrected chi connectivity index (χ0v) is 6.13. The van der Waals surface area contributed by atoms with Crippen molar-refractivity contribution in [3.63, 3.8) is 0 Å². The molecule has 56 valence electrons. The summed E-state index contributed by atoms with van der Waals surface area (Å²) in [7, 11) is 0. The molecule has 0 aliphatic rings. The molecular formula is C7H8N4. The smallest absolute Gasteiger partial charge is 0.159 e. The Hall–Kier alpha value is -1.58. The van der Waals surface area contributed by atoms with E-state index in [4.69, 9.17) is 5.73 Å². The third-order valence-electron chi connectivity index (χ3n) is 1.55. The van der Waals surface area contributed by atoms with E-state index in [-0.39, 0.29) is 0 Å². The number of pyridine rings is 1. The Morgan fingerprint density at radius 3 is 3.18 bits per heavy atom. The number of aromatic nitrogens is 3. The number of fused-ring (bicyclic) bond motifs is 1. The zero-order valence-electron chi connectivity index (χ0n) is 6.13. The molecule has 4 heteroatoms. The van der Waals surface area contributed by atoms with Crippen LogP contribution in [0.3, 0.4) is 0 Å². The molecule has 2 rings (SSSR count). The molecule has 11 heavy (non-hydrogen) atoms. The number of nitrogen functional groups attached to an aromatic ring is 1. The molecule has 0 aliphatic heterocycles. The van der Waals surface area contributed by atoms with E-state index in [0.717, 1.165) is 16.9 Å². The van der Waals surface area contributed by atoms with Crippen molar-refractivity contribution in [1.29, 1.82) is 0 Å². The van der Waals surface area contributed by atoms with Gasteiger partial charge in [-0.25, -0.2) is 9.97 Å². The molecule has 2 aromatic rings. The maximum absolute atomic E-state index is 5.68. The van der Waals surface area contributed by atoms with Crippen LogP contribution in [0.2, 0.25) is 0 Å².